The van der Waals surface area contributed by atoms with Crippen molar-refractivity contribution in [3.63, 3.8) is 0 Å². The number of nitrogens with zero attached hydrogens (tertiary/aromatic N) is 3. The van der Waals surface area contributed by atoms with Gasteiger partial charge in [0.05, 0.1) is 29.9 Å². The Morgan fingerprint density at radius 3 is 2.94 bits per heavy atom. The fourth-order valence-electron chi connectivity index (χ4n) is 3.57. The average molecular weight is 451 g/mol. The molecular formula is C22H28ClFN4O3. The third-order valence-corrected chi connectivity index (χ3v) is 5.87. The second kappa shape index (κ2) is 10.8. The van der Waals surface area contributed by atoms with Crippen molar-refractivity contribution in [3.05, 3.63) is 57.9 Å². The molecule has 1 aromatic carbocycles. The van der Waals surface area contributed by atoms with Crippen molar-refractivity contribution in [2.24, 2.45) is 5.92 Å². The molecule has 2 amide bonds. The van der Waals surface area contributed by atoms with Crippen molar-refractivity contribution in [1.82, 2.24) is 20.2 Å². The maximum absolute atomic E-state index is 13.9. The molecule has 0 radical (unpaired) electrons. The summed E-state index contributed by atoms with van der Waals surface area (Å²) in [7, 11) is 1.52. The zero-order valence-electron chi connectivity index (χ0n) is 17.8. The topological polar surface area (TPSA) is 87.6 Å². The van der Waals surface area contributed by atoms with Gasteiger partial charge in [0.15, 0.2) is 0 Å². The quantitative estimate of drug-likeness (QED) is 0.644. The number of aliphatic hydroxyl groups excluding tert-OH is 1. The minimum absolute atomic E-state index is 0.0286. The van der Waals surface area contributed by atoms with Crippen molar-refractivity contribution >= 4 is 17.6 Å². The van der Waals surface area contributed by atoms with Crippen LogP contribution in [0.3, 0.4) is 0 Å². The minimum atomic E-state index is -0.543. The number of hydrogen-bond acceptors (Lipinski definition) is 5. The van der Waals surface area contributed by atoms with E-state index in [0.29, 0.717) is 37.3 Å². The predicted molar refractivity (Wildman–Crippen MR) is 115 cm³/mol. The first-order valence-corrected chi connectivity index (χ1v) is 10.8. The van der Waals surface area contributed by atoms with Crippen LogP contribution in [0.25, 0.3) is 0 Å². The zero-order valence-corrected chi connectivity index (χ0v) is 18.5. The number of aromatic nitrogens is 2. The summed E-state index contributed by atoms with van der Waals surface area (Å²) in [5, 5.41) is 12.4. The van der Waals surface area contributed by atoms with E-state index in [1.54, 1.807) is 11.0 Å². The van der Waals surface area contributed by atoms with Crippen LogP contribution >= 0.6 is 11.6 Å². The Morgan fingerprint density at radius 2 is 2.26 bits per heavy atom. The molecule has 0 saturated heterocycles. The van der Waals surface area contributed by atoms with E-state index < -0.39 is 11.9 Å². The Labute approximate surface area is 186 Å². The van der Waals surface area contributed by atoms with Crippen LogP contribution in [0.2, 0.25) is 5.02 Å². The molecule has 168 valence electrons. The molecule has 0 aliphatic carbocycles. The summed E-state index contributed by atoms with van der Waals surface area (Å²) < 4.78 is 19.1. The Hall–Kier alpha value is -2.29. The van der Waals surface area contributed by atoms with E-state index in [2.05, 4.69) is 15.3 Å². The van der Waals surface area contributed by atoms with E-state index in [1.165, 1.54) is 19.2 Å². The van der Waals surface area contributed by atoms with E-state index in [4.69, 9.17) is 16.3 Å². The lowest BCUT2D eigenvalue weighted by molar-refractivity contribution is 0.152. The van der Waals surface area contributed by atoms with Gasteiger partial charge in [-0.2, -0.15) is 0 Å². The SMILES string of the molecule is CC[C@@H](CO)Cc1ncc2c(n1)CN(C(=O)N[C@H](COC)c1ccc(Cl)c(F)c1)CC2. The lowest BCUT2D eigenvalue weighted by Crippen LogP contribution is -2.45. The number of urea groups is 1. The number of carbonyl (C=O) groups excluding carboxylic acids is 1. The Bertz CT molecular complexity index is 910. The zero-order chi connectivity index (χ0) is 22.4. The van der Waals surface area contributed by atoms with Gasteiger partial charge in [0.25, 0.3) is 0 Å². The van der Waals surface area contributed by atoms with Crippen LogP contribution in [-0.2, 0) is 24.1 Å². The molecule has 2 aromatic rings. The maximum Gasteiger partial charge on any atom is 0.318 e. The van der Waals surface area contributed by atoms with Gasteiger partial charge in [0.1, 0.15) is 11.6 Å². The highest BCUT2D eigenvalue weighted by Crippen LogP contribution is 2.22. The Kier molecular flexibility index (Phi) is 8.17. The van der Waals surface area contributed by atoms with Gasteiger partial charge in [-0.3, -0.25) is 0 Å². The van der Waals surface area contributed by atoms with Gasteiger partial charge in [0, 0.05) is 32.9 Å². The number of halogens is 2. The van der Waals surface area contributed by atoms with E-state index in [0.717, 1.165) is 17.7 Å². The fraction of sp³-hybridized carbons (Fsp3) is 0.500. The third-order valence-electron chi connectivity index (χ3n) is 5.57. The van der Waals surface area contributed by atoms with Gasteiger partial charge in [-0.05, 0) is 35.6 Å². The second-order valence-electron chi connectivity index (χ2n) is 7.72. The molecule has 0 unspecified atom stereocenters. The number of hydrogen-bond donors (Lipinski definition) is 2. The largest absolute Gasteiger partial charge is 0.396 e. The predicted octanol–water partition coefficient (Wildman–Crippen LogP) is 3.29. The molecule has 7 nitrogen and oxygen atoms in total. The van der Waals surface area contributed by atoms with Crippen LogP contribution in [0.5, 0.6) is 0 Å². The number of amides is 2. The first kappa shape index (κ1) is 23.4. The van der Waals surface area contributed by atoms with Gasteiger partial charge in [-0.15, -0.1) is 0 Å². The van der Waals surface area contributed by atoms with Crippen LogP contribution in [0.1, 0.15) is 42.0 Å². The molecule has 9 heteroatoms. The summed E-state index contributed by atoms with van der Waals surface area (Å²) >= 11 is 5.77. The number of methoxy groups -OCH3 is 1. The monoisotopic (exact) mass is 450 g/mol. The van der Waals surface area contributed by atoms with Crippen LogP contribution in [0.15, 0.2) is 24.4 Å². The third kappa shape index (κ3) is 5.90. The molecule has 1 aliphatic heterocycles. The summed E-state index contributed by atoms with van der Waals surface area (Å²) in [6.45, 7) is 3.21. The molecule has 2 N–H and O–H groups in total. The van der Waals surface area contributed by atoms with E-state index >= 15 is 0 Å². The average Bonchev–Trinajstić information content (AvgIpc) is 2.78. The van der Waals surface area contributed by atoms with Gasteiger partial charge in [0.2, 0.25) is 0 Å². The number of aliphatic hydroxyl groups is 1. The van der Waals surface area contributed by atoms with Crippen LogP contribution in [-0.4, -0.2) is 52.9 Å². The van der Waals surface area contributed by atoms with E-state index in [-0.39, 0.29) is 30.2 Å². The molecule has 31 heavy (non-hydrogen) atoms. The highest BCUT2D eigenvalue weighted by atomic mass is 35.5. The van der Waals surface area contributed by atoms with E-state index in [9.17, 15) is 14.3 Å². The highest BCUT2D eigenvalue weighted by molar-refractivity contribution is 6.30. The molecule has 0 bridgehead atoms. The Morgan fingerprint density at radius 1 is 1.45 bits per heavy atom. The van der Waals surface area contributed by atoms with Crippen molar-refractivity contribution in [2.75, 3.05) is 26.9 Å². The number of benzene rings is 1. The van der Waals surface area contributed by atoms with Crippen molar-refractivity contribution < 1.29 is 19.0 Å². The lowest BCUT2D eigenvalue weighted by atomic mass is 10.0. The number of fused-ring (bicyclic) bond motifs is 1. The van der Waals surface area contributed by atoms with Gasteiger partial charge < -0.3 is 20.1 Å². The summed E-state index contributed by atoms with van der Waals surface area (Å²) in [4.78, 5) is 23.7. The molecule has 2 atom stereocenters. The Balaban J connectivity index is 1.70. The van der Waals surface area contributed by atoms with Crippen molar-refractivity contribution in [1.29, 1.82) is 0 Å². The molecule has 2 heterocycles. The molecule has 1 aliphatic rings. The molecule has 3 rings (SSSR count). The standard InChI is InChI=1S/C22H28ClFN4O3/c1-3-14(12-29)8-21-25-10-16-6-7-28(11-19(16)26-21)22(30)27-20(13-31-2)15-4-5-17(23)18(24)9-15/h4-5,9-10,14,20,29H,3,6-8,11-13H2,1-2H3,(H,27,30)/t14-,20-/m1/s1. The van der Waals surface area contributed by atoms with Gasteiger partial charge >= 0.3 is 6.03 Å². The molecule has 1 aromatic heterocycles. The number of ether oxygens (including phenoxy) is 1. The number of carbonyl (C=O) groups is 1. The number of rotatable bonds is 8. The second-order valence-corrected chi connectivity index (χ2v) is 8.13. The summed E-state index contributed by atoms with van der Waals surface area (Å²) in [6, 6.07) is 3.66. The van der Waals surface area contributed by atoms with Crippen molar-refractivity contribution in [2.45, 2.75) is 38.8 Å². The lowest BCUT2D eigenvalue weighted by Gasteiger charge is -2.30. The smallest absolute Gasteiger partial charge is 0.318 e. The summed E-state index contributed by atoms with van der Waals surface area (Å²) in [5.74, 6) is 0.255. The molecule has 0 fully saturated rings. The van der Waals surface area contributed by atoms with Gasteiger partial charge in [-0.25, -0.2) is 19.2 Å². The van der Waals surface area contributed by atoms with Gasteiger partial charge in [-0.1, -0.05) is 31.0 Å². The first-order valence-electron chi connectivity index (χ1n) is 10.4. The van der Waals surface area contributed by atoms with Crippen LogP contribution < -0.4 is 5.32 Å². The molecule has 0 saturated carbocycles. The van der Waals surface area contributed by atoms with Crippen molar-refractivity contribution in [3.8, 4) is 0 Å². The van der Waals surface area contributed by atoms with Crippen LogP contribution in [0, 0.1) is 11.7 Å². The highest BCUT2D eigenvalue weighted by Gasteiger charge is 2.25. The minimum Gasteiger partial charge on any atom is -0.396 e. The summed E-state index contributed by atoms with van der Waals surface area (Å²) in [6.07, 6.45) is 3.92. The van der Waals surface area contributed by atoms with Crippen LogP contribution in [0.4, 0.5) is 9.18 Å². The number of nitrogens with one attached hydrogen (secondary N) is 1. The molecular weight excluding hydrogens is 423 g/mol. The van der Waals surface area contributed by atoms with E-state index in [1.807, 2.05) is 13.1 Å². The fourth-order valence-corrected chi connectivity index (χ4v) is 3.69. The maximum atomic E-state index is 13.9. The normalized spacial score (nSPS) is 15.3. The first-order chi connectivity index (χ1) is 14.9. The molecule has 0 spiro atoms. The summed E-state index contributed by atoms with van der Waals surface area (Å²) in [5.41, 5.74) is 2.42.